The minimum atomic E-state index is -7.52. The molecule has 0 aliphatic rings. The van der Waals surface area contributed by atoms with Crippen LogP contribution in [0.2, 0.25) is 0 Å². The molecule has 0 radical (unpaired) electrons. The minimum Gasteiger partial charge on any atom is -0.426 e. The molecule has 0 aliphatic heterocycles. The van der Waals surface area contributed by atoms with Crippen LogP contribution in [0.25, 0.3) is 0 Å². The first-order valence-electron chi connectivity index (χ1n) is 8.09. The van der Waals surface area contributed by atoms with Gasteiger partial charge in [0.15, 0.2) is 0 Å². The lowest BCUT2D eigenvalue weighted by molar-refractivity contribution is -0.424. The Hall–Kier alpha value is -2.12. The van der Waals surface area contributed by atoms with E-state index < -0.39 is 59.2 Å². The van der Waals surface area contributed by atoms with Crippen molar-refractivity contribution in [2.75, 3.05) is 7.11 Å². The Morgan fingerprint density at radius 2 is 1.32 bits per heavy atom. The largest absolute Gasteiger partial charge is 0.460 e. The Morgan fingerprint density at radius 1 is 0.839 bits per heavy atom. The van der Waals surface area contributed by atoms with Gasteiger partial charge in [-0.15, -0.1) is 0 Å². The number of methoxy groups -OCH3 is 1. The maximum Gasteiger partial charge on any atom is 0.460 e. The van der Waals surface area contributed by atoms with Crippen LogP contribution in [0.15, 0.2) is 24.3 Å². The van der Waals surface area contributed by atoms with E-state index in [9.17, 15) is 53.1 Å². The van der Waals surface area contributed by atoms with Crippen molar-refractivity contribution < 1.29 is 62.6 Å². The summed E-state index contributed by atoms with van der Waals surface area (Å²) in [6, 6.07) is 4.25. The number of halogens is 11. The maximum atomic E-state index is 14.3. The van der Waals surface area contributed by atoms with Crippen LogP contribution < -0.4 is 4.74 Å². The molecule has 0 bridgehead atoms. The molecule has 3 nitrogen and oxygen atoms in total. The summed E-state index contributed by atoms with van der Waals surface area (Å²) in [5.74, 6) is -29.9. The fourth-order valence-electron chi connectivity index (χ4n) is 2.56. The van der Waals surface area contributed by atoms with Crippen LogP contribution in [0.3, 0.4) is 0 Å². The lowest BCUT2D eigenvalue weighted by Crippen LogP contribution is -2.67. The van der Waals surface area contributed by atoms with E-state index in [4.69, 9.17) is 4.74 Å². The highest BCUT2D eigenvalue weighted by Gasteiger charge is 2.87. The van der Waals surface area contributed by atoms with Gasteiger partial charge in [-0.05, 0) is 13.0 Å². The van der Waals surface area contributed by atoms with Crippen molar-refractivity contribution in [3.05, 3.63) is 29.8 Å². The van der Waals surface area contributed by atoms with Gasteiger partial charge in [-0.2, -0.15) is 48.3 Å². The average molecular weight is 476 g/mol. The van der Waals surface area contributed by atoms with Gasteiger partial charge in [0.05, 0.1) is 12.0 Å². The number of carbonyl (C=O) groups excluding carboxylic acids is 1. The van der Waals surface area contributed by atoms with Crippen LogP contribution in [0.1, 0.15) is 25.8 Å². The third-order valence-corrected chi connectivity index (χ3v) is 4.32. The summed E-state index contributed by atoms with van der Waals surface area (Å²) < 4.78 is 155. The predicted molar refractivity (Wildman–Crippen MR) is 82.6 cm³/mol. The van der Waals surface area contributed by atoms with Crippen LogP contribution in [0.5, 0.6) is 5.75 Å². The van der Waals surface area contributed by atoms with Crippen LogP contribution >= 0.6 is 0 Å². The van der Waals surface area contributed by atoms with Crippen LogP contribution in [-0.2, 0) is 15.1 Å². The highest BCUT2D eigenvalue weighted by molar-refractivity contribution is 5.70. The SMILES string of the molecule is COC(C)(CC(F)(F)C(F)(F)C(F)(F)C(F)(F)C(F)(F)F)c1ccccc1OC(C)=O. The Morgan fingerprint density at radius 3 is 1.74 bits per heavy atom. The monoisotopic (exact) mass is 476 g/mol. The molecule has 0 saturated carbocycles. The Kier molecular flexibility index (Phi) is 7.03. The standard InChI is InChI=1S/C17H15F11O3/c1-9(29)31-11-7-5-4-6-10(11)12(2,30-3)8-13(18,19)14(20,21)15(22,23)16(24,25)17(26,27)28/h4-7H,8H2,1-3H3. The van der Waals surface area contributed by atoms with E-state index in [2.05, 4.69) is 4.74 Å². The van der Waals surface area contributed by atoms with Gasteiger partial charge in [0, 0.05) is 19.6 Å². The van der Waals surface area contributed by atoms with Gasteiger partial charge in [0.25, 0.3) is 0 Å². The molecule has 31 heavy (non-hydrogen) atoms. The molecule has 0 fully saturated rings. The Labute approximate surface area is 168 Å². The van der Waals surface area contributed by atoms with E-state index in [1.807, 2.05) is 0 Å². The molecule has 0 aromatic heterocycles. The number of para-hydroxylation sites is 1. The third-order valence-electron chi connectivity index (χ3n) is 4.32. The van der Waals surface area contributed by atoms with E-state index in [1.54, 1.807) is 0 Å². The fourth-order valence-corrected chi connectivity index (χ4v) is 2.56. The number of carbonyl (C=O) groups is 1. The second-order valence-electron chi connectivity index (χ2n) is 6.63. The molecule has 1 rings (SSSR count). The summed E-state index contributed by atoms with van der Waals surface area (Å²) in [6.07, 6.45) is -9.73. The second-order valence-corrected chi connectivity index (χ2v) is 6.63. The van der Waals surface area contributed by atoms with Gasteiger partial charge in [0.2, 0.25) is 0 Å². The topological polar surface area (TPSA) is 35.5 Å². The van der Waals surface area contributed by atoms with Gasteiger partial charge < -0.3 is 9.47 Å². The van der Waals surface area contributed by atoms with E-state index in [-0.39, 0.29) is 0 Å². The molecule has 0 aliphatic carbocycles. The first-order chi connectivity index (χ1) is 13.7. The molecule has 0 saturated heterocycles. The Balaban J connectivity index is 3.52. The van der Waals surface area contributed by atoms with Gasteiger partial charge in [-0.3, -0.25) is 4.79 Å². The number of hydrogen-bond acceptors (Lipinski definition) is 3. The second kappa shape index (κ2) is 8.10. The zero-order valence-corrected chi connectivity index (χ0v) is 15.9. The van der Waals surface area contributed by atoms with Crippen LogP contribution in [0.4, 0.5) is 48.3 Å². The molecule has 178 valence electrons. The molecule has 14 heteroatoms. The fraction of sp³-hybridized carbons (Fsp3) is 0.588. The molecule has 0 spiro atoms. The molecule has 1 unspecified atom stereocenters. The lowest BCUT2D eigenvalue weighted by atomic mass is 9.84. The van der Waals surface area contributed by atoms with Crippen LogP contribution in [0, 0.1) is 0 Å². The van der Waals surface area contributed by atoms with E-state index in [0.717, 1.165) is 25.1 Å². The smallest absolute Gasteiger partial charge is 0.426 e. The molecule has 1 atom stereocenters. The molecular formula is C17H15F11O3. The zero-order valence-electron chi connectivity index (χ0n) is 15.9. The highest BCUT2D eigenvalue weighted by atomic mass is 19.4. The van der Waals surface area contributed by atoms with Crippen molar-refractivity contribution >= 4 is 5.97 Å². The van der Waals surface area contributed by atoms with E-state index >= 15 is 0 Å². The molecule has 0 N–H and O–H groups in total. The van der Waals surface area contributed by atoms with Gasteiger partial charge in [0.1, 0.15) is 5.75 Å². The number of benzene rings is 1. The molecule has 1 aromatic carbocycles. The summed E-state index contributed by atoms with van der Waals surface area (Å²) in [5.41, 5.74) is -3.25. The van der Waals surface area contributed by atoms with Crippen molar-refractivity contribution in [2.24, 2.45) is 0 Å². The summed E-state index contributed by atoms with van der Waals surface area (Å²) in [4.78, 5) is 11.1. The number of rotatable bonds is 8. The molecule has 0 heterocycles. The number of alkyl halides is 11. The van der Waals surface area contributed by atoms with Gasteiger partial charge in [-0.1, -0.05) is 18.2 Å². The van der Waals surface area contributed by atoms with E-state index in [1.165, 1.54) is 6.07 Å². The number of ether oxygens (including phenoxy) is 2. The summed E-state index contributed by atoms with van der Waals surface area (Å²) in [6.45, 7) is 1.52. The van der Waals surface area contributed by atoms with E-state index in [0.29, 0.717) is 14.0 Å². The molecular weight excluding hydrogens is 461 g/mol. The normalized spacial score (nSPS) is 16.1. The Bertz CT molecular complexity index is 805. The van der Waals surface area contributed by atoms with Crippen molar-refractivity contribution in [3.63, 3.8) is 0 Å². The summed E-state index contributed by atoms with van der Waals surface area (Å²) >= 11 is 0. The first kappa shape index (κ1) is 26.9. The summed E-state index contributed by atoms with van der Waals surface area (Å²) in [7, 11) is 0.654. The van der Waals surface area contributed by atoms with Crippen molar-refractivity contribution in [1.29, 1.82) is 0 Å². The zero-order chi connectivity index (χ0) is 24.7. The van der Waals surface area contributed by atoms with Gasteiger partial charge in [-0.25, -0.2) is 0 Å². The average Bonchev–Trinajstić information content (AvgIpc) is 2.59. The number of hydrogen-bond donors (Lipinski definition) is 0. The van der Waals surface area contributed by atoms with Crippen LogP contribution in [-0.4, -0.2) is 42.9 Å². The van der Waals surface area contributed by atoms with Crippen molar-refractivity contribution in [3.8, 4) is 5.75 Å². The quantitative estimate of drug-likeness (QED) is 0.264. The molecule has 0 amide bonds. The highest BCUT2D eigenvalue weighted by Crippen LogP contribution is 2.59. The minimum absolute atomic E-state index is 0.522. The third kappa shape index (κ3) is 4.58. The lowest BCUT2D eigenvalue weighted by Gasteiger charge is -2.40. The predicted octanol–water partition coefficient (Wildman–Crippen LogP) is 5.97. The number of esters is 1. The maximum absolute atomic E-state index is 14.3. The summed E-state index contributed by atoms with van der Waals surface area (Å²) in [5, 5.41) is 0. The van der Waals surface area contributed by atoms with Crippen molar-refractivity contribution in [1.82, 2.24) is 0 Å². The first-order valence-corrected chi connectivity index (χ1v) is 8.09. The van der Waals surface area contributed by atoms with Gasteiger partial charge >= 0.3 is 35.8 Å². The molecule has 1 aromatic rings. The van der Waals surface area contributed by atoms with Crippen molar-refractivity contribution in [2.45, 2.75) is 55.7 Å².